The van der Waals surface area contributed by atoms with E-state index in [0.29, 0.717) is 9.47 Å². The van der Waals surface area contributed by atoms with Gasteiger partial charge in [-0.1, -0.05) is 23.1 Å². The summed E-state index contributed by atoms with van der Waals surface area (Å²) in [5.41, 5.74) is 5.52. The largest absolute Gasteiger partial charge is 0.457 e. The van der Waals surface area contributed by atoms with Crippen molar-refractivity contribution >= 4 is 45.7 Å². The number of esters is 1. The van der Waals surface area contributed by atoms with Gasteiger partial charge >= 0.3 is 5.97 Å². The van der Waals surface area contributed by atoms with Gasteiger partial charge in [0.25, 0.3) is 5.69 Å². The Kier molecular flexibility index (Phi) is 5.60. The minimum Gasteiger partial charge on any atom is -0.457 e. The Morgan fingerprint density at radius 3 is 2.57 bits per heavy atom. The van der Waals surface area contributed by atoms with E-state index >= 15 is 0 Å². The van der Waals surface area contributed by atoms with E-state index in [-0.39, 0.29) is 17.0 Å². The number of nitro groups is 1. The average Bonchev–Trinajstić information content (AvgIpc) is 2.96. The molecule has 0 atom stereocenters. The number of ketones is 1. The quantitative estimate of drug-likeness (QED) is 0.258. The highest BCUT2D eigenvalue weighted by Crippen LogP contribution is 2.23. The Balaban J connectivity index is 1.79. The second kappa shape index (κ2) is 7.65. The van der Waals surface area contributed by atoms with Gasteiger partial charge in [-0.2, -0.15) is 0 Å². The number of hydrogen-bond donors (Lipinski definition) is 1. The molecule has 0 aliphatic carbocycles. The van der Waals surface area contributed by atoms with Crippen LogP contribution in [0.4, 0.5) is 10.8 Å². The molecule has 2 N–H and O–H groups in total. The van der Waals surface area contributed by atoms with Gasteiger partial charge in [0.2, 0.25) is 5.13 Å². The minimum absolute atomic E-state index is 0.0256. The Bertz CT molecular complexity index is 731. The van der Waals surface area contributed by atoms with Crippen LogP contribution in [0.2, 0.25) is 0 Å². The second-order valence-electron chi connectivity index (χ2n) is 4.08. The zero-order chi connectivity index (χ0) is 16.8. The number of ether oxygens (including phenoxy) is 1. The molecule has 23 heavy (non-hydrogen) atoms. The van der Waals surface area contributed by atoms with E-state index in [1.54, 1.807) is 0 Å². The summed E-state index contributed by atoms with van der Waals surface area (Å²) in [6, 6.07) is 5.05. The molecule has 11 heteroatoms. The minimum atomic E-state index is -0.584. The standard InChI is InChI=1S/C12H10N4O5S2/c13-11-14-15-12(23-11)22-6-10(18)21-5-9(17)7-1-3-8(4-2-7)16(19)20/h1-4H,5-6H2,(H2,13,14). The summed E-state index contributed by atoms with van der Waals surface area (Å²) in [6.07, 6.45) is 0. The summed E-state index contributed by atoms with van der Waals surface area (Å²) in [5, 5.41) is 18.1. The van der Waals surface area contributed by atoms with Crippen LogP contribution in [0.5, 0.6) is 0 Å². The first-order valence-electron chi connectivity index (χ1n) is 6.11. The van der Waals surface area contributed by atoms with Crippen molar-refractivity contribution in [1.82, 2.24) is 10.2 Å². The molecule has 0 spiro atoms. The Labute approximate surface area is 138 Å². The number of non-ortho nitro benzene ring substituents is 1. The maximum atomic E-state index is 11.8. The molecular weight excluding hydrogens is 344 g/mol. The fraction of sp³-hybridized carbons (Fsp3) is 0.167. The summed E-state index contributed by atoms with van der Waals surface area (Å²) < 4.78 is 5.38. The van der Waals surface area contributed by atoms with Crippen molar-refractivity contribution in [2.45, 2.75) is 4.34 Å². The molecule has 0 aliphatic heterocycles. The zero-order valence-corrected chi connectivity index (χ0v) is 13.1. The van der Waals surface area contributed by atoms with Crippen LogP contribution in [0.3, 0.4) is 0 Å². The molecule has 1 heterocycles. The number of rotatable bonds is 7. The number of thioether (sulfide) groups is 1. The SMILES string of the molecule is Nc1nnc(SCC(=O)OCC(=O)c2ccc([N+](=O)[O-])cc2)s1. The number of hydrogen-bond acceptors (Lipinski definition) is 10. The van der Waals surface area contributed by atoms with Gasteiger partial charge in [-0.3, -0.25) is 19.7 Å². The third-order valence-electron chi connectivity index (χ3n) is 2.50. The number of nitrogen functional groups attached to an aromatic ring is 1. The van der Waals surface area contributed by atoms with Crippen LogP contribution in [0.25, 0.3) is 0 Å². The summed E-state index contributed by atoms with van der Waals surface area (Å²) in [5.74, 6) is -1.06. The molecule has 120 valence electrons. The Morgan fingerprint density at radius 2 is 2.00 bits per heavy atom. The van der Waals surface area contributed by atoms with Gasteiger partial charge in [-0.05, 0) is 12.1 Å². The molecule has 0 saturated carbocycles. The van der Waals surface area contributed by atoms with Crippen LogP contribution in [0.1, 0.15) is 10.4 Å². The van der Waals surface area contributed by atoms with Crippen molar-refractivity contribution in [2.75, 3.05) is 18.1 Å². The van der Waals surface area contributed by atoms with Crippen LogP contribution in [0.15, 0.2) is 28.6 Å². The molecule has 0 amide bonds. The second-order valence-corrected chi connectivity index (χ2v) is 6.31. The lowest BCUT2D eigenvalue weighted by molar-refractivity contribution is -0.384. The van der Waals surface area contributed by atoms with Crippen molar-refractivity contribution in [3.8, 4) is 0 Å². The van der Waals surface area contributed by atoms with Crippen molar-refractivity contribution in [2.24, 2.45) is 0 Å². The van der Waals surface area contributed by atoms with E-state index in [0.717, 1.165) is 23.1 Å². The maximum Gasteiger partial charge on any atom is 0.316 e. The summed E-state index contributed by atoms with van der Waals surface area (Å²) in [4.78, 5) is 33.3. The maximum absolute atomic E-state index is 11.8. The lowest BCUT2D eigenvalue weighted by Gasteiger charge is -2.03. The van der Waals surface area contributed by atoms with Crippen LogP contribution in [0, 0.1) is 10.1 Å². The number of nitro benzene ring substituents is 1. The van der Waals surface area contributed by atoms with Gasteiger partial charge in [0, 0.05) is 17.7 Å². The van der Waals surface area contributed by atoms with Crippen LogP contribution >= 0.6 is 23.1 Å². The normalized spacial score (nSPS) is 10.3. The first-order valence-corrected chi connectivity index (χ1v) is 7.91. The van der Waals surface area contributed by atoms with E-state index in [2.05, 4.69) is 10.2 Å². The summed E-state index contributed by atoms with van der Waals surface area (Å²) in [6.45, 7) is -0.435. The fourth-order valence-electron chi connectivity index (χ4n) is 1.44. The van der Waals surface area contributed by atoms with Crippen molar-refractivity contribution in [1.29, 1.82) is 0 Å². The van der Waals surface area contributed by atoms with Gasteiger partial charge in [0.15, 0.2) is 16.7 Å². The van der Waals surface area contributed by atoms with Crippen LogP contribution in [-0.2, 0) is 9.53 Å². The molecule has 2 aromatic rings. The molecule has 0 bridgehead atoms. The number of Topliss-reactive ketones (excluding diaryl/α,β-unsaturated/α-hetero) is 1. The molecule has 9 nitrogen and oxygen atoms in total. The van der Waals surface area contributed by atoms with E-state index < -0.39 is 23.3 Å². The van der Waals surface area contributed by atoms with Gasteiger partial charge in [-0.15, -0.1) is 10.2 Å². The van der Waals surface area contributed by atoms with Crippen molar-refractivity contribution in [3.05, 3.63) is 39.9 Å². The monoisotopic (exact) mass is 354 g/mol. The lowest BCUT2D eigenvalue weighted by atomic mass is 10.1. The number of nitrogens with zero attached hydrogens (tertiary/aromatic N) is 3. The first-order chi connectivity index (χ1) is 11.0. The Morgan fingerprint density at radius 1 is 1.30 bits per heavy atom. The van der Waals surface area contributed by atoms with Gasteiger partial charge in [0.05, 0.1) is 10.7 Å². The summed E-state index contributed by atoms with van der Waals surface area (Å²) >= 11 is 2.25. The van der Waals surface area contributed by atoms with E-state index in [1.807, 2.05) is 0 Å². The fourth-order valence-corrected chi connectivity index (χ4v) is 2.87. The molecule has 1 aromatic heterocycles. The highest BCUT2D eigenvalue weighted by Gasteiger charge is 2.13. The number of nitrogens with two attached hydrogens (primary N) is 1. The van der Waals surface area contributed by atoms with Crippen LogP contribution < -0.4 is 5.73 Å². The zero-order valence-electron chi connectivity index (χ0n) is 11.5. The number of carbonyl (C=O) groups excluding carboxylic acids is 2. The van der Waals surface area contributed by atoms with Crippen molar-refractivity contribution < 1.29 is 19.2 Å². The molecule has 0 saturated heterocycles. The predicted octanol–water partition coefficient (Wildman–Crippen LogP) is 1.55. The molecule has 0 fully saturated rings. The first kappa shape index (κ1) is 16.8. The number of benzene rings is 1. The highest BCUT2D eigenvalue weighted by molar-refractivity contribution is 8.01. The van der Waals surface area contributed by atoms with Crippen LogP contribution in [-0.4, -0.2) is 39.2 Å². The number of aromatic nitrogens is 2. The van der Waals surface area contributed by atoms with Gasteiger partial charge < -0.3 is 10.5 Å². The third-order valence-corrected chi connectivity index (χ3v) is 4.36. The van der Waals surface area contributed by atoms with E-state index in [4.69, 9.17) is 10.5 Å². The van der Waals surface area contributed by atoms with Gasteiger partial charge in [-0.25, -0.2) is 0 Å². The topological polar surface area (TPSA) is 138 Å². The number of carbonyl (C=O) groups is 2. The molecule has 1 aromatic carbocycles. The molecule has 0 unspecified atom stereocenters. The molecular formula is C12H10N4O5S2. The lowest BCUT2D eigenvalue weighted by Crippen LogP contribution is -2.15. The van der Waals surface area contributed by atoms with Crippen molar-refractivity contribution in [3.63, 3.8) is 0 Å². The third kappa shape index (κ3) is 5.00. The average molecular weight is 354 g/mol. The van der Waals surface area contributed by atoms with E-state index in [1.165, 1.54) is 24.3 Å². The van der Waals surface area contributed by atoms with Gasteiger partial charge in [0.1, 0.15) is 0 Å². The molecule has 0 radical (unpaired) electrons. The summed E-state index contributed by atoms with van der Waals surface area (Å²) in [7, 11) is 0. The Hall–Kier alpha value is -2.53. The smallest absolute Gasteiger partial charge is 0.316 e. The molecule has 2 rings (SSSR count). The highest BCUT2D eigenvalue weighted by atomic mass is 32.2. The predicted molar refractivity (Wildman–Crippen MR) is 83.4 cm³/mol. The van der Waals surface area contributed by atoms with E-state index in [9.17, 15) is 19.7 Å². The number of anilines is 1. The molecule has 0 aliphatic rings.